The van der Waals surface area contributed by atoms with Crippen LogP contribution in [-0.4, -0.2) is 40.0 Å². The lowest BCUT2D eigenvalue weighted by atomic mass is 10.1. The molecule has 1 N–H and O–H groups in total. The van der Waals surface area contributed by atoms with E-state index in [1.54, 1.807) is 4.80 Å². The highest BCUT2D eigenvalue weighted by molar-refractivity contribution is 4.91. The van der Waals surface area contributed by atoms with Gasteiger partial charge in [-0.25, -0.2) is 0 Å². The molecule has 0 aromatic carbocycles. The Labute approximate surface area is 89.0 Å². The first kappa shape index (κ1) is 10.5. The van der Waals surface area contributed by atoms with Gasteiger partial charge in [-0.2, -0.15) is 4.80 Å². The fourth-order valence-electron chi connectivity index (χ4n) is 1.38. The summed E-state index contributed by atoms with van der Waals surface area (Å²) in [5, 5.41) is 15.7. The van der Waals surface area contributed by atoms with Gasteiger partial charge in [0.2, 0.25) is 0 Å². The van der Waals surface area contributed by atoms with Gasteiger partial charge in [-0.15, -0.1) is 10.2 Å². The van der Waals surface area contributed by atoms with Crippen molar-refractivity contribution in [2.75, 3.05) is 19.8 Å². The smallest absolute Gasteiger partial charge is 0.194 e. The highest BCUT2D eigenvalue weighted by Gasteiger charge is 2.23. The molecule has 1 atom stereocenters. The van der Waals surface area contributed by atoms with Gasteiger partial charge in [0.1, 0.15) is 0 Å². The predicted molar refractivity (Wildman–Crippen MR) is 54.4 cm³/mol. The molecular weight excluding hydrogens is 194 g/mol. The zero-order valence-electron chi connectivity index (χ0n) is 9.40. The number of aromatic nitrogens is 4. The monoisotopic (exact) mass is 211 g/mol. The first-order valence-corrected chi connectivity index (χ1v) is 5.19. The van der Waals surface area contributed by atoms with Crippen LogP contribution in [0.4, 0.5) is 0 Å². The second-order valence-corrected chi connectivity index (χ2v) is 4.69. The number of morpholine rings is 1. The molecule has 1 aliphatic heterocycles. The third kappa shape index (κ3) is 2.32. The van der Waals surface area contributed by atoms with E-state index in [9.17, 15) is 0 Å². The largest absolute Gasteiger partial charge is 0.378 e. The SMILES string of the molecule is CC(C)(C)n1nnc(C2COCCN2)n1. The van der Waals surface area contributed by atoms with E-state index in [0.717, 1.165) is 13.2 Å². The molecule has 1 aliphatic rings. The Kier molecular flexibility index (Phi) is 2.70. The van der Waals surface area contributed by atoms with E-state index in [-0.39, 0.29) is 11.6 Å². The van der Waals surface area contributed by atoms with E-state index in [4.69, 9.17) is 4.74 Å². The maximum atomic E-state index is 5.35. The lowest BCUT2D eigenvalue weighted by Gasteiger charge is -2.21. The van der Waals surface area contributed by atoms with Crippen molar-refractivity contribution in [3.8, 4) is 0 Å². The molecule has 1 unspecified atom stereocenters. The highest BCUT2D eigenvalue weighted by Crippen LogP contribution is 2.13. The molecule has 1 saturated heterocycles. The lowest BCUT2D eigenvalue weighted by molar-refractivity contribution is 0.0739. The molecule has 84 valence electrons. The Morgan fingerprint density at radius 3 is 2.80 bits per heavy atom. The molecule has 0 spiro atoms. The first-order chi connectivity index (χ1) is 7.07. The van der Waals surface area contributed by atoms with Crippen LogP contribution in [0.5, 0.6) is 0 Å². The molecule has 0 amide bonds. The summed E-state index contributed by atoms with van der Waals surface area (Å²) in [5.74, 6) is 0.713. The molecule has 15 heavy (non-hydrogen) atoms. The minimum absolute atomic E-state index is 0.0786. The molecular formula is C9H17N5O. The summed E-state index contributed by atoms with van der Waals surface area (Å²) < 4.78 is 5.35. The highest BCUT2D eigenvalue weighted by atomic mass is 16.5. The number of nitrogens with one attached hydrogen (secondary N) is 1. The number of hydrogen-bond acceptors (Lipinski definition) is 5. The first-order valence-electron chi connectivity index (χ1n) is 5.19. The van der Waals surface area contributed by atoms with Gasteiger partial charge in [-0.1, -0.05) is 0 Å². The third-order valence-electron chi connectivity index (χ3n) is 2.26. The zero-order chi connectivity index (χ0) is 10.9. The minimum Gasteiger partial charge on any atom is -0.378 e. The van der Waals surface area contributed by atoms with Gasteiger partial charge in [0, 0.05) is 6.54 Å². The Bertz CT molecular complexity index is 323. The summed E-state index contributed by atoms with van der Waals surface area (Å²) in [4.78, 5) is 1.64. The van der Waals surface area contributed by atoms with Crippen LogP contribution in [0.3, 0.4) is 0 Å². The number of rotatable bonds is 1. The molecule has 1 aromatic rings. The summed E-state index contributed by atoms with van der Waals surface area (Å²) in [6.07, 6.45) is 0. The van der Waals surface area contributed by atoms with E-state index in [0.29, 0.717) is 12.4 Å². The fourth-order valence-corrected chi connectivity index (χ4v) is 1.38. The van der Waals surface area contributed by atoms with Crippen LogP contribution in [-0.2, 0) is 10.3 Å². The predicted octanol–water partition coefficient (Wildman–Crippen LogP) is 0.0890. The third-order valence-corrected chi connectivity index (χ3v) is 2.26. The van der Waals surface area contributed by atoms with Crippen molar-refractivity contribution in [3.63, 3.8) is 0 Å². The van der Waals surface area contributed by atoms with E-state index in [2.05, 4.69) is 20.7 Å². The molecule has 0 aliphatic carbocycles. The molecule has 0 radical (unpaired) electrons. The van der Waals surface area contributed by atoms with Gasteiger partial charge in [-0.05, 0) is 26.0 Å². The van der Waals surface area contributed by atoms with E-state index < -0.39 is 0 Å². The van der Waals surface area contributed by atoms with Crippen LogP contribution in [0.2, 0.25) is 0 Å². The number of hydrogen-bond donors (Lipinski definition) is 1. The zero-order valence-corrected chi connectivity index (χ0v) is 9.40. The van der Waals surface area contributed by atoms with Crippen molar-refractivity contribution in [1.82, 2.24) is 25.5 Å². The van der Waals surface area contributed by atoms with Crippen LogP contribution in [0, 0.1) is 0 Å². The van der Waals surface area contributed by atoms with Crippen LogP contribution >= 0.6 is 0 Å². The quantitative estimate of drug-likeness (QED) is 0.713. The second kappa shape index (κ2) is 3.86. The molecule has 1 aromatic heterocycles. The van der Waals surface area contributed by atoms with Gasteiger partial charge in [0.15, 0.2) is 5.82 Å². The van der Waals surface area contributed by atoms with Crippen LogP contribution in [0.1, 0.15) is 32.6 Å². The Balaban J connectivity index is 2.12. The number of nitrogens with zero attached hydrogens (tertiary/aromatic N) is 4. The van der Waals surface area contributed by atoms with Gasteiger partial charge < -0.3 is 10.1 Å². The Morgan fingerprint density at radius 1 is 1.47 bits per heavy atom. The Hall–Kier alpha value is -1.01. The summed E-state index contributed by atoms with van der Waals surface area (Å²) in [6, 6.07) is 0.0786. The molecule has 6 heteroatoms. The van der Waals surface area contributed by atoms with Crippen LogP contribution in [0.15, 0.2) is 0 Å². The molecule has 0 saturated carbocycles. The van der Waals surface area contributed by atoms with Crippen molar-refractivity contribution in [1.29, 1.82) is 0 Å². The van der Waals surface area contributed by atoms with Gasteiger partial charge in [0.05, 0.1) is 24.8 Å². The number of ether oxygens (including phenoxy) is 1. The van der Waals surface area contributed by atoms with Crippen LogP contribution in [0.25, 0.3) is 0 Å². The molecule has 1 fully saturated rings. The van der Waals surface area contributed by atoms with Crippen LogP contribution < -0.4 is 5.32 Å². The summed E-state index contributed by atoms with van der Waals surface area (Å²) >= 11 is 0. The van der Waals surface area contributed by atoms with Gasteiger partial charge in [0.25, 0.3) is 0 Å². The van der Waals surface area contributed by atoms with Crippen molar-refractivity contribution in [3.05, 3.63) is 5.82 Å². The second-order valence-electron chi connectivity index (χ2n) is 4.69. The summed E-state index contributed by atoms with van der Waals surface area (Å²) in [7, 11) is 0. The van der Waals surface area contributed by atoms with Gasteiger partial charge >= 0.3 is 0 Å². The maximum Gasteiger partial charge on any atom is 0.194 e. The Morgan fingerprint density at radius 2 is 2.27 bits per heavy atom. The number of tetrazole rings is 1. The molecule has 2 rings (SSSR count). The van der Waals surface area contributed by atoms with Crippen molar-refractivity contribution in [2.45, 2.75) is 32.4 Å². The molecule has 6 nitrogen and oxygen atoms in total. The standard InChI is InChI=1S/C9H17N5O/c1-9(2,3)14-12-8(11-13-14)7-6-15-5-4-10-7/h7,10H,4-6H2,1-3H3. The molecule has 2 heterocycles. The topological polar surface area (TPSA) is 64.9 Å². The van der Waals surface area contributed by atoms with E-state index in [1.165, 1.54) is 0 Å². The maximum absolute atomic E-state index is 5.35. The lowest BCUT2D eigenvalue weighted by Crippen LogP contribution is -2.35. The van der Waals surface area contributed by atoms with E-state index in [1.807, 2.05) is 20.8 Å². The normalized spacial score (nSPS) is 23.0. The van der Waals surface area contributed by atoms with Crippen molar-refractivity contribution >= 4 is 0 Å². The summed E-state index contributed by atoms with van der Waals surface area (Å²) in [5.41, 5.74) is -0.124. The molecule has 0 bridgehead atoms. The fraction of sp³-hybridized carbons (Fsp3) is 0.889. The van der Waals surface area contributed by atoms with E-state index >= 15 is 0 Å². The van der Waals surface area contributed by atoms with Crippen molar-refractivity contribution < 1.29 is 4.74 Å². The minimum atomic E-state index is -0.124. The summed E-state index contributed by atoms with van der Waals surface area (Å²) in [6.45, 7) is 8.35. The van der Waals surface area contributed by atoms with Gasteiger partial charge in [-0.3, -0.25) is 0 Å². The average molecular weight is 211 g/mol. The van der Waals surface area contributed by atoms with Crippen molar-refractivity contribution in [2.24, 2.45) is 0 Å². The average Bonchev–Trinajstić information content (AvgIpc) is 2.67.